The number of carbonyl (C=O) groups is 2. The van der Waals surface area contributed by atoms with Crippen LogP contribution in [-0.2, 0) is 14.3 Å². The van der Waals surface area contributed by atoms with Gasteiger partial charge in [-0.1, -0.05) is 12.1 Å². The highest BCUT2D eigenvalue weighted by Gasteiger charge is 2.29. The van der Waals surface area contributed by atoms with Gasteiger partial charge < -0.3 is 19.5 Å². The zero-order valence-electron chi connectivity index (χ0n) is 12.5. The van der Waals surface area contributed by atoms with E-state index in [0.717, 1.165) is 5.69 Å². The summed E-state index contributed by atoms with van der Waals surface area (Å²) in [6.07, 6.45) is -0.212. The molecule has 1 aliphatic heterocycles. The van der Waals surface area contributed by atoms with Crippen LogP contribution in [0.4, 0.5) is 16.2 Å². The summed E-state index contributed by atoms with van der Waals surface area (Å²) in [6, 6.07) is 7.40. The molecule has 0 radical (unpaired) electrons. The third-order valence-corrected chi connectivity index (χ3v) is 3.30. The number of nitrogens with zero attached hydrogens (tertiary/aromatic N) is 2. The van der Waals surface area contributed by atoms with Gasteiger partial charge in [0.15, 0.2) is 6.73 Å². The van der Waals surface area contributed by atoms with Gasteiger partial charge in [0.25, 0.3) is 0 Å². The van der Waals surface area contributed by atoms with Crippen LogP contribution in [0.1, 0.15) is 13.3 Å². The minimum Gasteiger partial charge on any atom is -0.435 e. The summed E-state index contributed by atoms with van der Waals surface area (Å²) in [5.74, 6) is -0.166. The molecule has 0 spiro atoms. The van der Waals surface area contributed by atoms with Crippen molar-refractivity contribution >= 4 is 23.4 Å². The number of fused-ring (bicyclic) bond motifs is 1. The maximum absolute atomic E-state index is 12.3. The van der Waals surface area contributed by atoms with Crippen LogP contribution in [0.5, 0.6) is 0 Å². The Bertz CT molecular complexity index is 534. The van der Waals surface area contributed by atoms with E-state index >= 15 is 0 Å². The highest BCUT2D eigenvalue weighted by atomic mass is 16.7. The van der Waals surface area contributed by atoms with Gasteiger partial charge in [0.05, 0.1) is 24.5 Å². The zero-order chi connectivity index (χ0) is 15.9. The van der Waals surface area contributed by atoms with E-state index in [1.54, 1.807) is 13.0 Å². The van der Waals surface area contributed by atoms with Crippen molar-refractivity contribution in [3.05, 3.63) is 24.3 Å². The normalized spacial score (nSPS) is 13.8. The lowest BCUT2D eigenvalue weighted by molar-refractivity contribution is -0.118. The molecule has 1 aliphatic rings. The van der Waals surface area contributed by atoms with Crippen LogP contribution < -0.4 is 9.80 Å². The molecule has 0 aliphatic carbocycles. The quantitative estimate of drug-likeness (QED) is 0.799. The molecule has 0 aromatic heterocycles. The first-order valence-corrected chi connectivity index (χ1v) is 7.22. The van der Waals surface area contributed by atoms with Crippen LogP contribution in [0.3, 0.4) is 0 Å². The number of ether oxygens (including phenoxy) is 2. The number of benzene rings is 1. The number of para-hydroxylation sites is 2. The fourth-order valence-corrected chi connectivity index (χ4v) is 2.31. The van der Waals surface area contributed by atoms with Gasteiger partial charge in [0.2, 0.25) is 5.91 Å². The molecule has 1 heterocycles. The lowest BCUT2D eigenvalue weighted by atomic mass is 10.1. The van der Waals surface area contributed by atoms with Crippen molar-refractivity contribution in [2.24, 2.45) is 0 Å². The van der Waals surface area contributed by atoms with Gasteiger partial charge >= 0.3 is 6.16 Å². The molecule has 1 N–H and O–H groups in total. The van der Waals surface area contributed by atoms with Crippen molar-refractivity contribution in [2.75, 3.05) is 42.8 Å². The smallest absolute Gasteiger partial charge is 0.435 e. The maximum Gasteiger partial charge on any atom is 0.510 e. The summed E-state index contributed by atoms with van der Waals surface area (Å²) in [5, 5.41) is 8.97. The summed E-state index contributed by atoms with van der Waals surface area (Å²) in [4.78, 5) is 26.9. The number of aliphatic hydroxyl groups is 1. The lowest BCUT2D eigenvalue weighted by Crippen LogP contribution is -2.47. The fourth-order valence-electron chi connectivity index (χ4n) is 2.31. The van der Waals surface area contributed by atoms with Crippen molar-refractivity contribution in [3.8, 4) is 0 Å². The minimum atomic E-state index is -0.796. The van der Waals surface area contributed by atoms with Crippen LogP contribution in [-0.4, -0.2) is 50.2 Å². The second-order valence-electron chi connectivity index (χ2n) is 4.77. The summed E-state index contributed by atoms with van der Waals surface area (Å²) in [7, 11) is 0. The Morgan fingerprint density at radius 2 is 2.00 bits per heavy atom. The fraction of sp³-hybridized carbons (Fsp3) is 0.467. The molecule has 2 rings (SSSR count). The molecule has 1 aromatic carbocycles. The summed E-state index contributed by atoms with van der Waals surface area (Å²) < 4.78 is 9.64. The summed E-state index contributed by atoms with van der Waals surface area (Å²) in [6.45, 7) is 2.57. The Morgan fingerprint density at radius 1 is 1.27 bits per heavy atom. The summed E-state index contributed by atoms with van der Waals surface area (Å²) in [5.41, 5.74) is 1.56. The van der Waals surface area contributed by atoms with Crippen molar-refractivity contribution in [3.63, 3.8) is 0 Å². The SMILES string of the molecule is CCOC(=O)OCN1C(=O)CN(CCCO)c2ccccc21. The first-order chi connectivity index (χ1) is 10.7. The Morgan fingerprint density at radius 3 is 2.68 bits per heavy atom. The molecule has 0 atom stereocenters. The number of aliphatic hydroxyl groups excluding tert-OH is 1. The number of anilines is 2. The largest absolute Gasteiger partial charge is 0.510 e. The Kier molecular flexibility index (Phi) is 5.60. The van der Waals surface area contributed by atoms with Gasteiger partial charge in [-0.2, -0.15) is 0 Å². The molecule has 120 valence electrons. The number of carbonyl (C=O) groups excluding carboxylic acids is 2. The van der Waals surface area contributed by atoms with E-state index < -0.39 is 6.16 Å². The van der Waals surface area contributed by atoms with Gasteiger partial charge in [-0.05, 0) is 25.5 Å². The monoisotopic (exact) mass is 308 g/mol. The minimum absolute atomic E-state index is 0.0720. The molecule has 0 fully saturated rings. The molecule has 0 unspecified atom stereocenters. The van der Waals surface area contributed by atoms with Crippen LogP contribution in [0, 0.1) is 0 Å². The Labute approximate surface area is 129 Å². The molecular weight excluding hydrogens is 288 g/mol. The Hall–Kier alpha value is -2.28. The van der Waals surface area contributed by atoms with Gasteiger partial charge in [-0.25, -0.2) is 4.79 Å². The van der Waals surface area contributed by atoms with Crippen LogP contribution in [0.2, 0.25) is 0 Å². The average molecular weight is 308 g/mol. The lowest BCUT2D eigenvalue weighted by Gasteiger charge is -2.36. The standard InChI is InChI=1S/C15H20N2O5/c1-2-21-15(20)22-11-17-13-7-4-3-6-12(13)16(8-5-9-18)10-14(17)19/h3-4,6-7,18H,2,5,8-11H2,1H3. The predicted molar refractivity (Wildman–Crippen MR) is 80.8 cm³/mol. The number of hydrogen-bond donors (Lipinski definition) is 1. The molecule has 22 heavy (non-hydrogen) atoms. The van der Waals surface area contributed by atoms with Crippen molar-refractivity contribution in [2.45, 2.75) is 13.3 Å². The molecule has 7 heteroatoms. The summed E-state index contributed by atoms with van der Waals surface area (Å²) >= 11 is 0. The van der Waals surface area contributed by atoms with Gasteiger partial charge in [-0.15, -0.1) is 0 Å². The first-order valence-electron chi connectivity index (χ1n) is 7.22. The van der Waals surface area contributed by atoms with E-state index in [1.807, 2.05) is 23.1 Å². The molecule has 0 bridgehead atoms. The third kappa shape index (κ3) is 3.67. The van der Waals surface area contributed by atoms with Crippen LogP contribution in [0.15, 0.2) is 24.3 Å². The topological polar surface area (TPSA) is 79.3 Å². The third-order valence-electron chi connectivity index (χ3n) is 3.30. The van der Waals surface area contributed by atoms with E-state index in [2.05, 4.69) is 0 Å². The highest BCUT2D eigenvalue weighted by Crippen LogP contribution is 2.33. The molecule has 1 amide bonds. The van der Waals surface area contributed by atoms with Crippen molar-refractivity contribution < 1.29 is 24.2 Å². The zero-order valence-corrected chi connectivity index (χ0v) is 12.5. The number of rotatable bonds is 6. The van der Waals surface area contributed by atoms with Crippen LogP contribution >= 0.6 is 0 Å². The highest BCUT2D eigenvalue weighted by molar-refractivity contribution is 6.03. The van der Waals surface area contributed by atoms with Crippen LogP contribution in [0.25, 0.3) is 0 Å². The number of amides is 1. The molecular formula is C15H20N2O5. The predicted octanol–water partition coefficient (Wildman–Crippen LogP) is 1.35. The molecule has 1 aromatic rings. The van der Waals surface area contributed by atoms with Crippen molar-refractivity contribution in [1.29, 1.82) is 0 Å². The van der Waals surface area contributed by atoms with Crippen molar-refractivity contribution in [1.82, 2.24) is 0 Å². The van der Waals surface area contributed by atoms with Gasteiger partial charge in [0.1, 0.15) is 0 Å². The maximum atomic E-state index is 12.3. The van der Waals surface area contributed by atoms with E-state index in [1.165, 1.54) is 4.90 Å². The van der Waals surface area contributed by atoms with Gasteiger partial charge in [0, 0.05) is 13.2 Å². The molecule has 7 nitrogen and oxygen atoms in total. The number of hydrogen-bond acceptors (Lipinski definition) is 6. The van der Waals surface area contributed by atoms with Gasteiger partial charge in [-0.3, -0.25) is 9.69 Å². The van der Waals surface area contributed by atoms with E-state index in [0.29, 0.717) is 18.7 Å². The molecule has 0 saturated carbocycles. The second-order valence-corrected chi connectivity index (χ2v) is 4.77. The average Bonchev–Trinajstić information content (AvgIpc) is 2.52. The van der Waals surface area contributed by atoms with E-state index in [-0.39, 0.29) is 32.4 Å². The Balaban J connectivity index is 2.14. The second kappa shape index (κ2) is 7.65. The van der Waals surface area contributed by atoms with E-state index in [4.69, 9.17) is 14.6 Å². The first kappa shape index (κ1) is 16.1. The van der Waals surface area contributed by atoms with E-state index in [9.17, 15) is 9.59 Å². The molecule has 0 saturated heterocycles.